The Hall–Kier alpha value is -1.01. The molecule has 1 aromatic rings. The molecule has 1 saturated carbocycles. The van der Waals surface area contributed by atoms with Gasteiger partial charge in [-0.1, -0.05) is 11.8 Å². The molecule has 0 spiro atoms. The Kier molecular flexibility index (Phi) is 3.97. The van der Waals surface area contributed by atoms with Crippen LogP contribution in [0, 0.1) is 0 Å². The number of rotatable bonds is 7. The highest BCUT2D eigenvalue weighted by molar-refractivity contribution is 7.99. The van der Waals surface area contributed by atoms with Crippen molar-refractivity contribution in [3.05, 3.63) is 12.4 Å². The van der Waals surface area contributed by atoms with Gasteiger partial charge in [-0.05, 0) is 26.2 Å². The van der Waals surface area contributed by atoms with Crippen molar-refractivity contribution in [3.8, 4) is 0 Å². The zero-order valence-electron chi connectivity index (χ0n) is 10.7. The summed E-state index contributed by atoms with van der Waals surface area (Å²) in [5.41, 5.74) is -0.820. The minimum absolute atomic E-state index is 0.393. The van der Waals surface area contributed by atoms with E-state index in [0.29, 0.717) is 12.5 Å². The molecule has 2 N–H and O–H groups in total. The summed E-state index contributed by atoms with van der Waals surface area (Å²) in [5.74, 6) is -0.0252. The fraction of sp³-hybridized carbons (Fsp3) is 0.667. The second-order valence-corrected chi connectivity index (χ2v) is 6.04. The van der Waals surface area contributed by atoms with Gasteiger partial charge in [-0.2, -0.15) is 0 Å². The van der Waals surface area contributed by atoms with Gasteiger partial charge < -0.3 is 9.67 Å². The molecule has 1 unspecified atom stereocenters. The highest BCUT2D eigenvalue weighted by Gasteiger charge is 2.38. The van der Waals surface area contributed by atoms with Crippen LogP contribution in [0.15, 0.2) is 17.6 Å². The maximum absolute atomic E-state index is 11.4. The largest absolute Gasteiger partial charge is 0.480 e. The predicted molar refractivity (Wildman–Crippen MR) is 70.7 cm³/mol. The number of aliphatic carboxylic acids is 1. The summed E-state index contributed by atoms with van der Waals surface area (Å²) in [6, 6.07) is 0.393. The molecule has 2 rings (SSSR count). The Morgan fingerprint density at radius 1 is 1.72 bits per heavy atom. The van der Waals surface area contributed by atoms with E-state index in [0.717, 1.165) is 23.8 Å². The Morgan fingerprint density at radius 2 is 2.44 bits per heavy atom. The van der Waals surface area contributed by atoms with Crippen LogP contribution >= 0.6 is 11.8 Å². The highest BCUT2D eigenvalue weighted by atomic mass is 32.2. The van der Waals surface area contributed by atoms with Crippen molar-refractivity contribution in [2.45, 2.75) is 42.9 Å². The smallest absolute Gasteiger partial charge is 0.323 e. The summed E-state index contributed by atoms with van der Waals surface area (Å²) in [5, 5.41) is 13.5. The van der Waals surface area contributed by atoms with Gasteiger partial charge in [0.15, 0.2) is 5.16 Å². The molecule has 1 aliphatic carbocycles. The van der Waals surface area contributed by atoms with Gasteiger partial charge in [0.2, 0.25) is 0 Å². The Morgan fingerprint density at radius 3 is 2.94 bits per heavy atom. The third kappa shape index (κ3) is 3.26. The van der Waals surface area contributed by atoms with Gasteiger partial charge in [-0.3, -0.25) is 10.1 Å². The first kappa shape index (κ1) is 13.4. The van der Waals surface area contributed by atoms with E-state index >= 15 is 0 Å². The van der Waals surface area contributed by atoms with Gasteiger partial charge in [-0.15, -0.1) is 0 Å². The van der Waals surface area contributed by atoms with Gasteiger partial charge >= 0.3 is 5.97 Å². The number of thioether (sulfide) groups is 1. The molecule has 1 aromatic heterocycles. The average molecular weight is 269 g/mol. The van der Waals surface area contributed by atoms with Crippen molar-refractivity contribution >= 4 is 17.7 Å². The molecule has 1 atom stereocenters. The molecule has 1 aliphatic rings. The van der Waals surface area contributed by atoms with Crippen LogP contribution in [0.3, 0.4) is 0 Å². The molecule has 0 saturated heterocycles. The molecule has 0 radical (unpaired) electrons. The van der Waals surface area contributed by atoms with Crippen LogP contribution in [0.25, 0.3) is 0 Å². The fourth-order valence-electron chi connectivity index (χ4n) is 1.76. The van der Waals surface area contributed by atoms with Crippen molar-refractivity contribution < 1.29 is 9.90 Å². The van der Waals surface area contributed by atoms with Crippen molar-refractivity contribution in [1.29, 1.82) is 0 Å². The topological polar surface area (TPSA) is 67.2 Å². The summed E-state index contributed by atoms with van der Waals surface area (Å²) in [7, 11) is 1.94. The molecule has 6 heteroatoms. The molecule has 100 valence electrons. The van der Waals surface area contributed by atoms with E-state index in [1.165, 1.54) is 0 Å². The Labute approximate surface area is 111 Å². The van der Waals surface area contributed by atoms with Crippen LogP contribution in [0.5, 0.6) is 0 Å². The van der Waals surface area contributed by atoms with Crippen LogP contribution in [-0.4, -0.2) is 38.0 Å². The molecular formula is C12H19N3O2S. The lowest BCUT2D eigenvalue weighted by Crippen LogP contribution is -2.51. The van der Waals surface area contributed by atoms with E-state index in [4.69, 9.17) is 0 Å². The van der Waals surface area contributed by atoms with E-state index in [1.54, 1.807) is 24.9 Å². The average Bonchev–Trinajstić information content (AvgIpc) is 3.02. The van der Waals surface area contributed by atoms with Gasteiger partial charge in [-0.25, -0.2) is 4.98 Å². The summed E-state index contributed by atoms with van der Waals surface area (Å²) < 4.78 is 1.94. The number of hydrogen-bond acceptors (Lipinski definition) is 4. The first-order valence-electron chi connectivity index (χ1n) is 6.12. The predicted octanol–water partition coefficient (Wildman–Crippen LogP) is 1.50. The van der Waals surface area contributed by atoms with E-state index in [1.807, 2.05) is 17.8 Å². The third-order valence-corrected chi connectivity index (χ3v) is 4.24. The van der Waals surface area contributed by atoms with Gasteiger partial charge in [0, 0.05) is 31.2 Å². The number of imidazole rings is 1. The molecule has 1 fully saturated rings. The summed E-state index contributed by atoms with van der Waals surface area (Å²) in [4.78, 5) is 15.6. The van der Waals surface area contributed by atoms with E-state index in [9.17, 15) is 9.90 Å². The number of hydrogen-bond donors (Lipinski definition) is 2. The Balaban J connectivity index is 1.85. The normalized spacial score (nSPS) is 18.6. The van der Waals surface area contributed by atoms with Crippen molar-refractivity contribution in [1.82, 2.24) is 14.9 Å². The number of carboxylic acid groups (broad SMARTS) is 1. The Bertz CT molecular complexity index is 431. The number of aryl methyl sites for hydroxylation is 1. The first-order valence-corrected chi connectivity index (χ1v) is 7.11. The lowest BCUT2D eigenvalue weighted by atomic mass is 9.99. The molecule has 18 heavy (non-hydrogen) atoms. The first-order chi connectivity index (χ1) is 8.51. The second kappa shape index (κ2) is 5.32. The van der Waals surface area contributed by atoms with Crippen LogP contribution in [0.2, 0.25) is 0 Å². The fourth-order valence-corrected chi connectivity index (χ4v) is 2.85. The number of aromatic nitrogens is 2. The molecule has 1 heterocycles. The quantitative estimate of drug-likeness (QED) is 0.734. The van der Waals surface area contributed by atoms with Gasteiger partial charge in [0.25, 0.3) is 0 Å². The third-order valence-electron chi connectivity index (χ3n) is 3.18. The van der Waals surface area contributed by atoms with E-state index in [2.05, 4.69) is 10.3 Å². The lowest BCUT2D eigenvalue weighted by Gasteiger charge is -2.26. The van der Waals surface area contributed by atoms with E-state index < -0.39 is 11.5 Å². The standard InChI is InChI=1S/C12H19N3O2S/c1-12(10(16)17,14-9-3-4-9)5-8-18-11-13-6-7-15(11)2/h6-7,9,14H,3-5,8H2,1-2H3,(H,16,17). The van der Waals surface area contributed by atoms with Gasteiger partial charge in [0.1, 0.15) is 5.54 Å². The van der Waals surface area contributed by atoms with E-state index in [-0.39, 0.29) is 0 Å². The lowest BCUT2D eigenvalue weighted by molar-refractivity contribution is -0.144. The molecule has 0 amide bonds. The number of carboxylic acids is 1. The molecular weight excluding hydrogens is 250 g/mol. The monoisotopic (exact) mass is 269 g/mol. The number of nitrogens with zero attached hydrogens (tertiary/aromatic N) is 2. The maximum atomic E-state index is 11.4. The summed E-state index contributed by atoms with van der Waals surface area (Å²) in [6.07, 6.45) is 6.42. The van der Waals surface area contributed by atoms with Crippen molar-refractivity contribution in [2.24, 2.45) is 7.05 Å². The summed E-state index contributed by atoms with van der Waals surface area (Å²) in [6.45, 7) is 1.77. The molecule has 0 aliphatic heterocycles. The van der Waals surface area contributed by atoms with Gasteiger partial charge in [0.05, 0.1) is 0 Å². The zero-order valence-corrected chi connectivity index (χ0v) is 11.5. The number of nitrogens with one attached hydrogen (secondary N) is 1. The minimum atomic E-state index is -0.820. The second-order valence-electron chi connectivity index (χ2n) is 4.98. The highest BCUT2D eigenvalue weighted by Crippen LogP contribution is 2.26. The molecule has 0 bridgehead atoms. The van der Waals surface area contributed by atoms with Crippen molar-refractivity contribution in [2.75, 3.05) is 5.75 Å². The van der Waals surface area contributed by atoms with Crippen LogP contribution in [-0.2, 0) is 11.8 Å². The van der Waals surface area contributed by atoms with Crippen LogP contribution in [0.1, 0.15) is 26.2 Å². The maximum Gasteiger partial charge on any atom is 0.323 e. The molecule has 0 aromatic carbocycles. The summed E-state index contributed by atoms with van der Waals surface area (Å²) >= 11 is 1.59. The van der Waals surface area contributed by atoms with Crippen LogP contribution < -0.4 is 5.32 Å². The van der Waals surface area contributed by atoms with Crippen LogP contribution in [0.4, 0.5) is 0 Å². The zero-order chi connectivity index (χ0) is 13.2. The molecule has 5 nitrogen and oxygen atoms in total. The minimum Gasteiger partial charge on any atom is -0.480 e. The SMILES string of the molecule is Cn1ccnc1SCCC(C)(NC1CC1)C(=O)O. The van der Waals surface area contributed by atoms with Crippen molar-refractivity contribution in [3.63, 3.8) is 0 Å². The number of carbonyl (C=O) groups is 1.